The standard InChI is InChI=1S/C20H21ClN2O3S/c1-3-5-15-22-19-18(20(26)23(15)11-4-6-16(24)25)17(12(2)27-19)13-7-9-14(21)10-8-13/h7-10H,3-6,11H2,1-2H3,(H,24,25). The first kappa shape index (κ1) is 19.6. The third-order valence-electron chi connectivity index (χ3n) is 4.45. The number of carboxylic acids is 1. The van der Waals surface area contributed by atoms with Gasteiger partial charge in [0.2, 0.25) is 0 Å². The van der Waals surface area contributed by atoms with E-state index >= 15 is 0 Å². The van der Waals surface area contributed by atoms with Crippen molar-refractivity contribution in [3.63, 3.8) is 0 Å². The highest BCUT2D eigenvalue weighted by Gasteiger charge is 2.19. The summed E-state index contributed by atoms with van der Waals surface area (Å²) in [5, 5.41) is 10.2. The van der Waals surface area contributed by atoms with Crippen molar-refractivity contribution in [1.82, 2.24) is 9.55 Å². The molecule has 1 N–H and O–H groups in total. The summed E-state index contributed by atoms with van der Waals surface area (Å²) in [7, 11) is 0. The Morgan fingerprint density at radius 2 is 2.00 bits per heavy atom. The van der Waals surface area contributed by atoms with Crippen LogP contribution in [0.25, 0.3) is 21.3 Å². The number of halogens is 1. The van der Waals surface area contributed by atoms with E-state index in [0.717, 1.165) is 33.1 Å². The third kappa shape index (κ3) is 4.06. The SMILES string of the molecule is CCCc1nc2sc(C)c(-c3ccc(Cl)cc3)c2c(=O)n1CCCC(=O)O. The smallest absolute Gasteiger partial charge is 0.303 e. The Kier molecular flexibility index (Phi) is 5.97. The number of aryl methyl sites for hydroxylation is 2. The second-order valence-electron chi connectivity index (χ2n) is 6.45. The van der Waals surface area contributed by atoms with Crippen LogP contribution in [0.3, 0.4) is 0 Å². The molecule has 0 radical (unpaired) electrons. The number of aromatic nitrogens is 2. The molecule has 142 valence electrons. The Morgan fingerprint density at radius 3 is 2.63 bits per heavy atom. The fraction of sp³-hybridized carbons (Fsp3) is 0.350. The maximum absolute atomic E-state index is 13.3. The lowest BCUT2D eigenvalue weighted by molar-refractivity contribution is -0.137. The summed E-state index contributed by atoms with van der Waals surface area (Å²) in [6, 6.07) is 7.43. The number of carboxylic acid groups (broad SMARTS) is 1. The van der Waals surface area contributed by atoms with E-state index in [1.54, 1.807) is 4.57 Å². The van der Waals surface area contributed by atoms with Crippen molar-refractivity contribution in [2.24, 2.45) is 0 Å². The first-order chi connectivity index (χ1) is 12.9. The molecular formula is C20H21ClN2O3S. The zero-order chi connectivity index (χ0) is 19.6. The van der Waals surface area contributed by atoms with Crippen molar-refractivity contribution >= 4 is 39.1 Å². The minimum atomic E-state index is -0.859. The highest BCUT2D eigenvalue weighted by Crippen LogP contribution is 2.36. The van der Waals surface area contributed by atoms with Gasteiger partial charge >= 0.3 is 5.97 Å². The van der Waals surface area contributed by atoms with E-state index in [4.69, 9.17) is 21.7 Å². The number of hydrogen-bond acceptors (Lipinski definition) is 4. The van der Waals surface area contributed by atoms with Crippen LogP contribution in [-0.4, -0.2) is 20.6 Å². The molecule has 0 aliphatic carbocycles. The van der Waals surface area contributed by atoms with Crippen molar-refractivity contribution in [2.45, 2.75) is 46.1 Å². The molecule has 2 aromatic heterocycles. The van der Waals surface area contributed by atoms with Crippen molar-refractivity contribution in [3.8, 4) is 11.1 Å². The Bertz CT molecular complexity index is 1040. The summed E-state index contributed by atoms with van der Waals surface area (Å²) in [5.41, 5.74) is 1.73. The number of thiophene rings is 1. The van der Waals surface area contributed by atoms with E-state index in [0.29, 0.717) is 29.8 Å². The van der Waals surface area contributed by atoms with Gasteiger partial charge in [0.05, 0.1) is 5.39 Å². The lowest BCUT2D eigenvalue weighted by Gasteiger charge is -2.12. The van der Waals surface area contributed by atoms with E-state index in [1.165, 1.54) is 11.3 Å². The Morgan fingerprint density at radius 1 is 1.30 bits per heavy atom. The first-order valence-electron chi connectivity index (χ1n) is 8.93. The summed E-state index contributed by atoms with van der Waals surface area (Å²) in [5.74, 6) is -0.133. The molecule has 1 aromatic carbocycles. The van der Waals surface area contributed by atoms with E-state index in [-0.39, 0.29) is 12.0 Å². The molecule has 3 rings (SSSR count). The summed E-state index contributed by atoms with van der Waals surface area (Å²) in [6.07, 6.45) is 1.98. The van der Waals surface area contributed by atoms with Crippen LogP contribution >= 0.6 is 22.9 Å². The number of benzene rings is 1. The van der Waals surface area contributed by atoms with Crippen LogP contribution in [0.15, 0.2) is 29.1 Å². The van der Waals surface area contributed by atoms with Gasteiger partial charge in [-0.2, -0.15) is 0 Å². The summed E-state index contributed by atoms with van der Waals surface area (Å²) in [4.78, 5) is 30.7. The fourth-order valence-corrected chi connectivity index (χ4v) is 4.41. The van der Waals surface area contributed by atoms with Crippen molar-refractivity contribution in [1.29, 1.82) is 0 Å². The Balaban J connectivity index is 2.18. The van der Waals surface area contributed by atoms with Crippen LogP contribution in [0, 0.1) is 6.92 Å². The molecule has 0 unspecified atom stereocenters. The number of hydrogen-bond donors (Lipinski definition) is 1. The van der Waals surface area contributed by atoms with Gasteiger partial charge in [-0.15, -0.1) is 11.3 Å². The van der Waals surface area contributed by atoms with Crippen LogP contribution in [0.4, 0.5) is 0 Å². The second-order valence-corrected chi connectivity index (χ2v) is 8.09. The molecule has 0 fully saturated rings. The van der Waals surface area contributed by atoms with E-state index in [9.17, 15) is 9.59 Å². The van der Waals surface area contributed by atoms with Crippen LogP contribution in [-0.2, 0) is 17.8 Å². The van der Waals surface area contributed by atoms with Crippen LogP contribution in [0.5, 0.6) is 0 Å². The van der Waals surface area contributed by atoms with E-state index in [1.807, 2.05) is 38.1 Å². The topological polar surface area (TPSA) is 72.2 Å². The van der Waals surface area contributed by atoms with Crippen LogP contribution in [0.2, 0.25) is 5.02 Å². The number of fused-ring (bicyclic) bond motifs is 1. The van der Waals surface area contributed by atoms with Crippen molar-refractivity contribution < 1.29 is 9.90 Å². The van der Waals surface area contributed by atoms with Gasteiger partial charge in [-0.1, -0.05) is 30.7 Å². The quantitative estimate of drug-likeness (QED) is 0.607. The monoisotopic (exact) mass is 404 g/mol. The van der Waals surface area contributed by atoms with Gasteiger partial charge in [-0.3, -0.25) is 14.2 Å². The van der Waals surface area contributed by atoms with Crippen LogP contribution in [0.1, 0.15) is 36.9 Å². The summed E-state index contributed by atoms with van der Waals surface area (Å²) < 4.78 is 1.65. The van der Waals surface area contributed by atoms with Crippen molar-refractivity contribution in [2.75, 3.05) is 0 Å². The number of rotatable bonds is 7. The zero-order valence-corrected chi connectivity index (χ0v) is 16.9. The number of aliphatic carboxylic acids is 1. The highest BCUT2D eigenvalue weighted by atomic mass is 35.5. The average molecular weight is 405 g/mol. The van der Waals surface area contributed by atoms with Gasteiger partial charge in [-0.05, 0) is 37.5 Å². The molecule has 0 bridgehead atoms. The molecule has 5 nitrogen and oxygen atoms in total. The summed E-state index contributed by atoms with van der Waals surface area (Å²) >= 11 is 7.52. The van der Waals surface area contributed by atoms with E-state index < -0.39 is 5.97 Å². The molecule has 0 atom stereocenters. The third-order valence-corrected chi connectivity index (χ3v) is 5.70. The second kappa shape index (κ2) is 8.23. The van der Waals surface area contributed by atoms with E-state index in [2.05, 4.69) is 0 Å². The predicted octanol–water partition coefficient (Wildman–Crippen LogP) is 4.90. The van der Waals surface area contributed by atoms with Gasteiger partial charge in [0, 0.05) is 34.8 Å². The largest absolute Gasteiger partial charge is 0.481 e. The van der Waals surface area contributed by atoms with Crippen molar-refractivity contribution in [3.05, 3.63) is 50.3 Å². The number of nitrogens with zero attached hydrogens (tertiary/aromatic N) is 2. The maximum Gasteiger partial charge on any atom is 0.303 e. The first-order valence-corrected chi connectivity index (χ1v) is 10.1. The molecule has 0 amide bonds. The molecule has 27 heavy (non-hydrogen) atoms. The maximum atomic E-state index is 13.3. The molecule has 2 heterocycles. The molecule has 7 heteroatoms. The fourth-order valence-electron chi connectivity index (χ4n) is 3.23. The molecule has 0 saturated heterocycles. The molecule has 3 aromatic rings. The lowest BCUT2D eigenvalue weighted by Crippen LogP contribution is -2.25. The normalized spacial score (nSPS) is 11.2. The van der Waals surface area contributed by atoms with Gasteiger partial charge in [-0.25, -0.2) is 4.98 Å². The minimum absolute atomic E-state index is 0.0305. The Labute approximate surface area is 166 Å². The Hall–Kier alpha value is -2.18. The average Bonchev–Trinajstić information content (AvgIpc) is 2.94. The zero-order valence-electron chi connectivity index (χ0n) is 15.3. The lowest BCUT2D eigenvalue weighted by atomic mass is 10.0. The van der Waals surface area contributed by atoms with Gasteiger partial charge in [0.15, 0.2) is 0 Å². The van der Waals surface area contributed by atoms with Crippen LogP contribution < -0.4 is 5.56 Å². The highest BCUT2D eigenvalue weighted by molar-refractivity contribution is 7.19. The number of carbonyl (C=O) groups is 1. The van der Waals surface area contributed by atoms with Gasteiger partial charge in [0.1, 0.15) is 10.7 Å². The predicted molar refractivity (Wildman–Crippen MR) is 110 cm³/mol. The van der Waals surface area contributed by atoms with Gasteiger partial charge in [0.25, 0.3) is 5.56 Å². The minimum Gasteiger partial charge on any atom is -0.481 e. The molecule has 0 saturated carbocycles. The van der Waals surface area contributed by atoms with Gasteiger partial charge < -0.3 is 5.11 Å². The molecule has 0 aliphatic heterocycles. The summed E-state index contributed by atoms with van der Waals surface area (Å²) in [6.45, 7) is 4.39. The molecular weight excluding hydrogens is 384 g/mol. The molecule has 0 aliphatic rings. The molecule has 0 spiro atoms.